The molecule has 0 aliphatic rings. The Morgan fingerprint density at radius 1 is 1.47 bits per heavy atom. The molecule has 2 aromatic heterocycles. The van der Waals surface area contributed by atoms with Gasteiger partial charge in [0.05, 0.1) is 6.20 Å². The van der Waals surface area contributed by atoms with Crippen LogP contribution in [0.15, 0.2) is 24.5 Å². The Balaban J connectivity index is 2.33. The van der Waals surface area contributed by atoms with E-state index in [0.717, 1.165) is 24.6 Å². The first-order valence-electron chi connectivity index (χ1n) is 4.96. The highest BCUT2D eigenvalue weighted by Crippen LogP contribution is 2.11. The Morgan fingerprint density at radius 2 is 2.33 bits per heavy atom. The Morgan fingerprint density at radius 3 is 3.07 bits per heavy atom. The van der Waals surface area contributed by atoms with Crippen molar-refractivity contribution in [1.29, 1.82) is 0 Å². The topological polar surface area (TPSA) is 33.4 Å². The molecular weight excluding hydrogens is 212 g/mol. The fourth-order valence-corrected chi connectivity index (χ4v) is 1.72. The number of anilines is 1. The van der Waals surface area contributed by atoms with Crippen LogP contribution in [0.3, 0.4) is 0 Å². The average Bonchev–Trinajstić information content (AvgIpc) is 2.72. The molecule has 0 saturated heterocycles. The van der Waals surface area contributed by atoms with Gasteiger partial charge in [0.25, 0.3) is 0 Å². The molecule has 0 aliphatic heterocycles. The molecule has 0 radical (unpaired) electrons. The van der Waals surface area contributed by atoms with Crippen LogP contribution < -0.4 is 4.90 Å². The minimum atomic E-state index is 0.611. The van der Waals surface area contributed by atoms with Gasteiger partial charge in [-0.2, -0.15) is 5.10 Å². The number of alkyl halides is 1. The van der Waals surface area contributed by atoms with Gasteiger partial charge in [0.2, 0.25) is 0 Å². The molecule has 4 nitrogen and oxygen atoms in total. The van der Waals surface area contributed by atoms with Gasteiger partial charge in [-0.1, -0.05) is 0 Å². The second-order valence-corrected chi connectivity index (χ2v) is 3.57. The number of hydrogen-bond acceptors (Lipinski definition) is 3. The molecule has 2 heterocycles. The van der Waals surface area contributed by atoms with E-state index in [-0.39, 0.29) is 0 Å². The number of nitrogens with zero attached hydrogens (tertiary/aromatic N) is 4. The summed E-state index contributed by atoms with van der Waals surface area (Å²) in [4.78, 5) is 6.63. The highest BCUT2D eigenvalue weighted by Gasteiger charge is 2.05. The van der Waals surface area contributed by atoms with Gasteiger partial charge in [-0.3, -0.25) is 0 Å². The lowest BCUT2D eigenvalue weighted by atomic mass is 10.4. The zero-order valence-electron chi connectivity index (χ0n) is 8.60. The number of hydrogen-bond donors (Lipinski definition) is 0. The van der Waals surface area contributed by atoms with Gasteiger partial charge in [-0.25, -0.2) is 9.50 Å². The quantitative estimate of drug-likeness (QED) is 0.743. The molecular formula is C10H13ClN4. The van der Waals surface area contributed by atoms with Crippen LogP contribution in [0, 0.1) is 0 Å². The van der Waals surface area contributed by atoms with Gasteiger partial charge < -0.3 is 4.90 Å². The van der Waals surface area contributed by atoms with E-state index in [1.54, 1.807) is 10.7 Å². The standard InChI is InChI=1S/C10H13ClN4/c1-2-14(8-5-11)9-4-7-15-10(13-9)3-6-12-15/h3-4,6-7H,2,5,8H2,1H3. The number of halogens is 1. The van der Waals surface area contributed by atoms with Gasteiger partial charge in [-0.05, 0) is 13.0 Å². The summed E-state index contributed by atoms with van der Waals surface area (Å²) in [7, 11) is 0. The molecule has 0 aliphatic carbocycles. The summed E-state index contributed by atoms with van der Waals surface area (Å²) in [5, 5.41) is 4.10. The summed E-state index contributed by atoms with van der Waals surface area (Å²) in [6, 6.07) is 3.84. The van der Waals surface area contributed by atoms with E-state index in [2.05, 4.69) is 21.9 Å². The van der Waals surface area contributed by atoms with E-state index in [1.165, 1.54) is 0 Å². The van der Waals surface area contributed by atoms with Crippen molar-refractivity contribution in [2.75, 3.05) is 23.9 Å². The molecule has 0 fully saturated rings. The normalized spacial score (nSPS) is 10.8. The van der Waals surface area contributed by atoms with Crippen LogP contribution in [-0.4, -0.2) is 33.6 Å². The van der Waals surface area contributed by atoms with Crippen molar-refractivity contribution in [3.8, 4) is 0 Å². The van der Waals surface area contributed by atoms with Crippen LogP contribution in [0.2, 0.25) is 0 Å². The van der Waals surface area contributed by atoms with Crippen LogP contribution >= 0.6 is 11.6 Å². The van der Waals surface area contributed by atoms with Crippen LogP contribution in [0.25, 0.3) is 5.65 Å². The Kier molecular flexibility index (Phi) is 3.06. The number of fused-ring (bicyclic) bond motifs is 1. The number of aromatic nitrogens is 3. The van der Waals surface area contributed by atoms with Gasteiger partial charge >= 0.3 is 0 Å². The summed E-state index contributed by atoms with van der Waals surface area (Å²) in [5.41, 5.74) is 0.862. The molecule has 15 heavy (non-hydrogen) atoms. The molecule has 0 amide bonds. The molecule has 0 saturated carbocycles. The third kappa shape index (κ3) is 2.04. The zero-order valence-corrected chi connectivity index (χ0v) is 9.35. The molecule has 0 atom stereocenters. The molecule has 2 rings (SSSR count). The molecule has 0 unspecified atom stereocenters. The van der Waals surface area contributed by atoms with Crippen molar-refractivity contribution >= 4 is 23.1 Å². The maximum atomic E-state index is 5.74. The van der Waals surface area contributed by atoms with Crippen molar-refractivity contribution in [1.82, 2.24) is 14.6 Å². The Hall–Kier alpha value is -1.29. The van der Waals surface area contributed by atoms with Gasteiger partial charge in [0.15, 0.2) is 5.65 Å². The van der Waals surface area contributed by atoms with Crippen molar-refractivity contribution in [2.24, 2.45) is 0 Å². The van der Waals surface area contributed by atoms with E-state index in [4.69, 9.17) is 11.6 Å². The molecule has 0 bridgehead atoms. The van der Waals surface area contributed by atoms with E-state index < -0.39 is 0 Å². The monoisotopic (exact) mass is 224 g/mol. The fourth-order valence-electron chi connectivity index (χ4n) is 1.52. The first-order chi connectivity index (χ1) is 7.35. The SMILES string of the molecule is CCN(CCCl)c1ccn2nccc2n1. The lowest BCUT2D eigenvalue weighted by molar-refractivity contribution is 0.839. The lowest BCUT2D eigenvalue weighted by Gasteiger charge is -2.20. The summed E-state index contributed by atoms with van der Waals surface area (Å²) >= 11 is 5.74. The molecule has 80 valence electrons. The van der Waals surface area contributed by atoms with Crippen molar-refractivity contribution in [3.63, 3.8) is 0 Å². The van der Waals surface area contributed by atoms with Crippen LogP contribution in [0.5, 0.6) is 0 Å². The fraction of sp³-hybridized carbons (Fsp3) is 0.400. The van der Waals surface area contributed by atoms with E-state index in [0.29, 0.717) is 5.88 Å². The largest absolute Gasteiger partial charge is 0.356 e. The molecule has 5 heteroatoms. The van der Waals surface area contributed by atoms with E-state index >= 15 is 0 Å². The number of rotatable bonds is 4. The molecule has 0 aromatic carbocycles. The molecule has 0 spiro atoms. The minimum absolute atomic E-state index is 0.611. The summed E-state index contributed by atoms with van der Waals surface area (Å²) in [6.07, 6.45) is 3.65. The molecule has 2 aromatic rings. The zero-order chi connectivity index (χ0) is 10.7. The predicted octanol–water partition coefficient (Wildman–Crippen LogP) is 1.79. The highest BCUT2D eigenvalue weighted by atomic mass is 35.5. The van der Waals surface area contributed by atoms with Crippen LogP contribution in [0.1, 0.15) is 6.92 Å². The Labute approximate surface area is 93.5 Å². The second-order valence-electron chi connectivity index (χ2n) is 3.19. The first kappa shape index (κ1) is 10.2. The second kappa shape index (κ2) is 4.49. The Bertz CT molecular complexity index is 440. The smallest absolute Gasteiger partial charge is 0.157 e. The predicted molar refractivity (Wildman–Crippen MR) is 61.6 cm³/mol. The minimum Gasteiger partial charge on any atom is -0.356 e. The third-order valence-corrected chi connectivity index (χ3v) is 2.47. The highest BCUT2D eigenvalue weighted by molar-refractivity contribution is 6.18. The third-order valence-electron chi connectivity index (χ3n) is 2.30. The lowest BCUT2D eigenvalue weighted by Crippen LogP contribution is -2.25. The molecule has 0 N–H and O–H groups in total. The van der Waals surface area contributed by atoms with Gasteiger partial charge in [0, 0.05) is 31.2 Å². The van der Waals surface area contributed by atoms with Gasteiger partial charge in [0.1, 0.15) is 5.82 Å². The summed E-state index contributed by atoms with van der Waals surface area (Å²) < 4.78 is 1.75. The van der Waals surface area contributed by atoms with Crippen molar-refractivity contribution < 1.29 is 0 Å². The van der Waals surface area contributed by atoms with Crippen molar-refractivity contribution in [2.45, 2.75) is 6.92 Å². The maximum Gasteiger partial charge on any atom is 0.157 e. The van der Waals surface area contributed by atoms with Crippen molar-refractivity contribution in [3.05, 3.63) is 24.5 Å². The van der Waals surface area contributed by atoms with Crippen LogP contribution in [0.4, 0.5) is 5.82 Å². The first-order valence-corrected chi connectivity index (χ1v) is 5.50. The maximum absolute atomic E-state index is 5.74. The van der Waals surface area contributed by atoms with Gasteiger partial charge in [-0.15, -0.1) is 11.6 Å². The van der Waals surface area contributed by atoms with E-state index in [9.17, 15) is 0 Å². The van der Waals surface area contributed by atoms with Crippen LogP contribution in [-0.2, 0) is 0 Å². The van der Waals surface area contributed by atoms with E-state index in [1.807, 2.05) is 18.3 Å². The summed E-state index contributed by atoms with van der Waals surface area (Å²) in [5.74, 6) is 1.56. The summed E-state index contributed by atoms with van der Waals surface area (Å²) in [6.45, 7) is 3.81. The average molecular weight is 225 g/mol.